The van der Waals surface area contributed by atoms with E-state index in [0.29, 0.717) is 32.3 Å². The molecule has 3 rings (SSSR count). The van der Waals surface area contributed by atoms with Gasteiger partial charge in [-0.2, -0.15) is 0 Å². The van der Waals surface area contributed by atoms with E-state index in [4.69, 9.17) is 27.6 Å². The van der Waals surface area contributed by atoms with Gasteiger partial charge in [-0.15, -0.1) is 0 Å². The van der Waals surface area contributed by atoms with E-state index in [1.807, 2.05) is 0 Å². The first-order valence-electron chi connectivity index (χ1n) is 5.67. The monoisotopic (exact) mass is 307 g/mol. The fourth-order valence-electron chi connectivity index (χ4n) is 1.89. The van der Waals surface area contributed by atoms with E-state index >= 15 is 0 Å². The zero-order valence-corrected chi connectivity index (χ0v) is 11.5. The number of rotatable bonds is 2. The first-order chi connectivity index (χ1) is 9.54. The van der Waals surface area contributed by atoms with Gasteiger partial charge in [0.05, 0.1) is 15.6 Å². The average molecular weight is 308 g/mol. The number of aromatic amines is 1. The predicted molar refractivity (Wildman–Crippen MR) is 76.7 cm³/mol. The molecule has 0 radical (unpaired) electrons. The third-order valence-corrected chi connectivity index (χ3v) is 3.60. The second-order valence-corrected chi connectivity index (χ2v) is 5.00. The van der Waals surface area contributed by atoms with E-state index in [-0.39, 0.29) is 5.78 Å². The fourth-order valence-corrected chi connectivity index (χ4v) is 2.19. The zero-order chi connectivity index (χ0) is 14.3. The summed E-state index contributed by atoms with van der Waals surface area (Å²) in [6.07, 6.45) is 0. The molecule has 0 aliphatic rings. The molecular weight excluding hydrogens is 301 g/mol. The minimum atomic E-state index is -0.556. The summed E-state index contributed by atoms with van der Waals surface area (Å²) in [5, 5.41) is 0.696. The van der Waals surface area contributed by atoms with Gasteiger partial charge < -0.3 is 4.42 Å². The van der Waals surface area contributed by atoms with Crippen molar-refractivity contribution in [3.63, 3.8) is 0 Å². The molecule has 0 amide bonds. The number of carbonyl (C=O) groups excluding carboxylic acids is 1. The molecule has 0 spiro atoms. The molecule has 1 aromatic heterocycles. The largest absolute Gasteiger partial charge is 0.417 e. The maximum atomic E-state index is 12.3. The molecule has 1 N–H and O–H groups in total. The molecule has 0 aliphatic heterocycles. The van der Waals surface area contributed by atoms with E-state index in [1.54, 1.807) is 24.3 Å². The van der Waals surface area contributed by atoms with Crippen LogP contribution in [0, 0.1) is 0 Å². The van der Waals surface area contributed by atoms with Crippen molar-refractivity contribution < 1.29 is 9.21 Å². The second kappa shape index (κ2) is 4.81. The number of ketones is 1. The Kier molecular flexibility index (Phi) is 3.12. The highest BCUT2D eigenvalue weighted by Crippen LogP contribution is 2.24. The summed E-state index contributed by atoms with van der Waals surface area (Å²) in [6, 6.07) is 9.39. The second-order valence-electron chi connectivity index (χ2n) is 4.18. The molecule has 4 nitrogen and oxygen atoms in total. The number of halogens is 2. The van der Waals surface area contributed by atoms with Crippen LogP contribution in [0.1, 0.15) is 15.9 Å². The first kappa shape index (κ1) is 13.0. The highest BCUT2D eigenvalue weighted by Gasteiger charge is 2.12. The average Bonchev–Trinajstić information content (AvgIpc) is 2.80. The highest BCUT2D eigenvalue weighted by molar-refractivity contribution is 6.42. The minimum Gasteiger partial charge on any atom is -0.408 e. The molecule has 1 heterocycles. The maximum Gasteiger partial charge on any atom is 0.417 e. The zero-order valence-electron chi connectivity index (χ0n) is 9.94. The Morgan fingerprint density at radius 2 is 1.70 bits per heavy atom. The van der Waals surface area contributed by atoms with Crippen LogP contribution in [0.3, 0.4) is 0 Å². The lowest BCUT2D eigenvalue weighted by molar-refractivity contribution is 0.103. The van der Waals surface area contributed by atoms with Gasteiger partial charge in [0.25, 0.3) is 0 Å². The van der Waals surface area contributed by atoms with E-state index in [1.165, 1.54) is 12.1 Å². The Labute approximate surface area is 122 Å². The Morgan fingerprint density at radius 1 is 1.00 bits per heavy atom. The summed E-state index contributed by atoms with van der Waals surface area (Å²) in [4.78, 5) is 25.9. The lowest BCUT2D eigenvalue weighted by atomic mass is 10.0. The van der Waals surface area contributed by atoms with Crippen LogP contribution in [-0.4, -0.2) is 10.8 Å². The van der Waals surface area contributed by atoms with Gasteiger partial charge in [-0.1, -0.05) is 23.2 Å². The normalized spacial score (nSPS) is 10.9. The van der Waals surface area contributed by atoms with Crippen LogP contribution in [-0.2, 0) is 0 Å². The highest BCUT2D eigenvalue weighted by atomic mass is 35.5. The number of fused-ring (bicyclic) bond motifs is 1. The summed E-state index contributed by atoms with van der Waals surface area (Å²) in [5.41, 5.74) is 1.69. The van der Waals surface area contributed by atoms with Gasteiger partial charge in [0, 0.05) is 11.1 Å². The van der Waals surface area contributed by atoms with Crippen molar-refractivity contribution in [3.8, 4) is 0 Å². The number of benzene rings is 2. The molecule has 3 aromatic rings. The third-order valence-electron chi connectivity index (χ3n) is 2.86. The van der Waals surface area contributed by atoms with Gasteiger partial charge in [0.2, 0.25) is 0 Å². The van der Waals surface area contributed by atoms with Crippen LogP contribution >= 0.6 is 23.2 Å². The van der Waals surface area contributed by atoms with Gasteiger partial charge in [0.15, 0.2) is 11.4 Å². The molecule has 6 heteroatoms. The molecule has 0 atom stereocenters. The lowest BCUT2D eigenvalue weighted by Crippen LogP contribution is -2.00. The standard InChI is InChI=1S/C14H7Cl2NO3/c15-9-3-1-7(5-10(9)16)13(18)8-2-4-11-12(6-8)20-14(19)17-11/h1-6H,(H,17,19). The summed E-state index contributed by atoms with van der Waals surface area (Å²) < 4.78 is 4.93. The summed E-state index contributed by atoms with van der Waals surface area (Å²) in [6.45, 7) is 0. The number of carbonyl (C=O) groups is 1. The van der Waals surface area contributed by atoms with Crippen LogP contribution in [0.15, 0.2) is 45.6 Å². The SMILES string of the molecule is O=C(c1ccc(Cl)c(Cl)c1)c1ccc2[nH]c(=O)oc2c1. The Morgan fingerprint density at radius 3 is 2.45 bits per heavy atom. The molecule has 0 saturated heterocycles. The Bertz CT molecular complexity index is 880. The van der Waals surface area contributed by atoms with Gasteiger partial charge >= 0.3 is 5.76 Å². The van der Waals surface area contributed by atoms with Gasteiger partial charge in [0.1, 0.15) is 0 Å². The molecule has 0 saturated carbocycles. The molecule has 0 unspecified atom stereocenters. The van der Waals surface area contributed by atoms with Crippen LogP contribution in [0.4, 0.5) is 0 Å². The van der Waals surface area contributed by atoms with E-state index in [0.717, 1.165) is 0 Å². The molecule has 100 valence electrons. The minimum absolute atomic E-state index is 0.227. The number of aromatic nitrogens is 1. The van der Waals surface area contributed by atoms with Crippen LogP contribution in [0.5, 0.6) is 0 Å². The Hall–Kier alpha value is -2.04. The summed E-state index contributed by atoms with van der Waals surface area (Å²) >= 11 is 11.7. The number of nitrogens with one attached hydrogen (secondary N) is 1. The first-order valence-corrected chi connectivity index (χ1v) is 6.43. The van der Waals surface area contributed by atoms with Gasteiger partial charge in [-0.3, -0.25) is 9.78 Å². The lowest BCUT2D eigenvalue weighted by Gasteiger charge is -2.03. The van der Waals surface area contributed by atoms with Crippen LogP contribution in [0.25, 0.3) is 11.1 Å². The quantitative estimate of drug-likeness (QED) is 0.735. The summed E-state index contributed by atoms with van der Waals surface area (Å²) in [7, 11) is 0. The summed E-state index contributed by atoms with van der Waals surface area (Å²) in [5.74, 6) is -0.784. The maximum absolute atomic E-state index is 12.3. The van der Waals surface area contributed by atoms with E-state index in [9.17, 15) is 9.59 Å². The third kappa shape index (κ3) is 2.24. The topological polar surface area (TPSA) is 63.1 Å². The number of hydrogen-bond acceptors (Lipinski definition) is 3. The van der Waals surface area contributed by atoms with Crippen LogP contribution < -0.4 is 5.76 Å². The van der Waals surface area contributed by atoms with Crippen molar-refractivity contribution in [3.05, 3.63) is 68.1 Å². The van der Waals surface area contributed by atoms with E-state index < -0.39 is 5.76 Å². The van der Waals surface area contributed by atoms with Crippen LogP contribution in [0.2, 0.25) is 10.0 Å². The van der Waals surface area contributed by atoms with E-state index in [2.05, 4.69) is 4.98 Å². The molecular formula is C14H7Cl2NO3. The van der Waals surface area contributed by atoms with Gasteiger partial charge in [-0.25, -0.2) is 4.79 Å². The van der Waals surface area contributed by atoms with Crippen molar-refractivity contribution >= 4 is 40.1 Å². The van der Waals surface area contributed by atoms with Crippen molar-refractivity contribution in [2.75, 3.05) is 0 Å². The Balaban J connectivity index is 2.07. The molecule has 0 aliphatic carbocycles. The predicted octanol–water partition coefficient (Wildman–Crippen LogP) is 3.66. The number of oxazole rings is 1. The van der Waals surface area contributed by atoms with Gasteiger partial charge in [-0.05, 0) is 36.4 Å². The smallest absolute Gasteiger partial charge is 0.408 e. The number of hydrogen-bond donors (Lipinski definition) is 1. The molecule has 2 aromatic carbocycles. The molecule has 20 heavy (non-hydrogen) atoms. The number of H-pyrrole nitrogens is 1. The van der Waals surface area contributed by atoms with Crippen molar-refractivity contribution in [1.29, 1.82) is 0 Å². The fraction of sp³-hybridized carbons (Fsp3) is 0. The van der Waals surface area contributed by atoms with Crippen molar-refractivity contribution in [2.24, 2.45) is 0 Å². The van der Waals surface area contributed by atoms with Crippen molar-refractivity contribution in [1.82, 2.24) is 4.98 Å². The van der Waals surface area contributed by atoms with Crippen molar-refractivity contribution in [2.45, 2.75) is 0 Å². The molecule has 0 fully saturated rings. The molecule has 0 bridgehead atoms.